The minimum absolute atomic E-state index is 0.0341. The molecule has 0 fully saturated rings. The molecule has 0 unspecified atom stereocenters. The summed E-state index contributed by atoms with van der Waals surface area (Å²) in [5.41, 5.74) is 17.0. The van der Waals surface area contributed by atoms with Crippen molar-refractivity contribution >= 4 is 49.3 Å². The first-order valence-electron chi connectivity index (χ1n) is 24.5. The minimum atomic E-state index is -4.70. The fourth-order valence-electron chi connectivity index (χ4n) is 11.1. The Morgan fingerprint density at radius 3 is 1.10 bits per heavy atom. The molecule has 352 valence electrons. The van der Waals surface area contributed by atoms with Gasteiger partial charge in [-0.2, -0.15) is 13.2 Å². The van der Waals surface area contributed by atoms with Gasteiger partial charge in [-0.15, -0.1) is 0 Å². The lowest BCUT2D eigenvalue weighted by Crippen LogP contribution is -2.10. The van der Waals surface area contributed by atoms with Gasteiger partial charge in [0.25, 0.3) is 0 Å². The van der Waals surface area contributed by atoms with Crippen LogP contribution in [0.1, 0.15) is 33.4 Å². The highest BCUT2D eigenvalue weighted by Gasteiger charge is 2.36. The molecule has 0 amide bonds. The summed E-state index contributed by atoms with van der Waals surface area (Å²) >= 11 is 0. The number of hydrogen-bond donors (Lipinski definition) is 0. The number of aryl methyl sites for hydroxylation is 5. The van der Waals surface area contributed by atoms with E-state index in [-0.39, 0.29) is 11.3 Å². The second-order valence-electron chi connectivity index (χ2n) is 19.5. The molecule has 0 aliphatic carbocycles. The van der Waals surface area contributed by atoms with Gasteiger partial charge >= 0.3 is 6.18 Å². The molecule has 3 nitrogen and oxygen atoms in total. The molecule has 0 N–H and O–H groups in total. The van der Waals surface area contributed by atoms with E-state index in [2.05, 4.69) is 199 Å². The fraction of sp³-hybridized carbons (Fsp3) is 0.0896. The van der Waals surface area contributed by atoms with Gasteiger partial charge in [-0.1, -0.05) is 186 Å². The van der Waals surface area contributed by atoms with Gasteiger partial charge in [-0.3, -0.25) is 0 Å². The molecule has 0 aliphatic rings. The first-order valence-corrected chi connectivity index (χ1v) is 24.5. The summed E-state index contributed by atoms with van der Waals surface area (Å²) in [6, 6.07) is 67.2. The van der Waals surface area contributed by atoms with Crippen LogP contribution in [0.5, 0.6) is 0 Å². The highest BCUT2D eigenvalue weighted by molar-refractivity contribution is 6.14. The number of hydrogen-bond acceptors (Lipinski definition) is 0. The Morgan fingerprint density at radius 1 is 0.384 bits per heavy atom. The molecule has 12 rings (SSSR count). The quantitative estimate of drug-likeness (QED) is 0.141. The number of alkyl halides is 3. The topological polar surface area (TPSA) is 14.2 Å². The van der Waals surface area contributed by atoms with Crippen molar-refractivity contribution in [1.29, 1.82) is 0 Å². The Morgan fingerprint density at radius 2 is 0.740 bits per heavy atom. The number of rotatable bonds is 7. The maximum atomic E-state index is 15.6. The van der Waals surface area contributed by atoms with Crippen LogP contribution in [0.3, 0.4) is 0 Å². The van der Waals surface area contributed by atoms with E-state index < -0.39 is 11.7 Å². The zero-order chi connectivity index (χ0) is 50.3. The van der Waals surface area contributed by atoms with Gasteiger partial charge < -0.3 is 9.13 Å². The third-order valence-corrected chi connectivity index (χ3v) is 14.5. The predicted molar refractivity (Wildman–Crippen MR) is 297 cm³/mol. The summed E-state index contributed by atoms with van der Waals surface area (Å²) in [5.74, 6) is 0. The van der Waals surface area contributed by atoms with Crippen LogP contribution in [0, 0.1) is 41.2 Å². The zero-order valence-corrected chi connectivity index (χ0v) is 41.0. The fourth-order valence-corrected chi connectivity index (χ4v) is 11.1. The van der Waals surface area contributed by atoms with Gasteiger partial charge in [0.1, 0.15) is 0 Å². The summed E-state index contributed by atoms with van der Waals surface area (Å²) in [6.07, 6.45) is -4.70. The van der Waals surface area contributed by atoms with Crippen molar-refractivity contribution in [3.05, 3.63) is 245 Å². The maximum absolute atomic E-state index is 15.6. The lowest BCUT2D eigenvalue weighted by atomic mass is 9.92. The molecule has 12 aromatic rings. The first kappa shape index (κ1) is 45.2. The molecule has 0 aliphatic heterocycles. The summed E-state index contributed by atoms with van der Waals surface area (Å²) in [5, 5.41) is 3.81. The van der Waals surface area contributed by atoms with Crippen LogP contribution in [0.15, 0.2) is 200 Å². The Kier molecular flexibility index (Phi) is 10.8. The monoisotopic (exact) mass is 951 g/mol. The van der Waals surface area contributed by atoms with Crippen LogP contribution in [-0.2, 0) is 6.18 Å². The number of aromatic nitrogens is 2. The average molecular weight is 952 g/mol. The number of benzene rings is 10. The molecule has 0 bridgehead atoms. The molecule has 2 aromatic heterocycles. The van der Waals surface area contributed by atoms with E-state index >= 15 is 13.2 Å². The van der Waals surface area contributed by atoms with Gasteiger partial charge in [0.05, 0.1) is 45.6 Å². The summed E-state index contributed by atoms with van der Waals surface area (Å²) in [6.45, 7) is 19.4. The van der Waals surface area contributed by atoms with Crippen LogP contribution in [0.25, 0.3) is 115 Å². The normalized spacial score (nSPS) is 11.8. The third-order valence-electron chi connectivity index (χ3n) is 14.5. The summed E-state index contributed by atoms with van der Waals surface area (Å²) in [4.78, 5) is 4.51. The summed E-state index contributed by atoms with van der Waals surface area (Å²) < 4.78 is 51.1. The molecular formula is C67H48F3N3. The Labute approximate surface area is 422 Å². The highest BCUT2D eigenvalue weighted by Crippen LogP contribution is 2.50. The van der Waals surface area contributed by atoms with E-state index in [1.165, 1.54) is 6.07 Å². The van der Waals surface area contributed by atoms with E-state index in [9.17, 15) is 6.57 Å². The van der Waals surface area contributed by atoms with Gasteiger partial charge in [-0.25, -0.2) is 4.85 Å². The average Bonchev–Trinajstić information content (AvgIpc) is 3.89. The predicted octanol–water partition coefficient (Wildman–Crippen LogP) is 19.3. The van der Waals surface area contributed by atoms with Crippen LogP contribution in [-0.4, -0.2) is 9.13 Å². The van der Waals surface area contributed by atoms with Gasteiger partial charge in [0.2, 0.25) is 5.69 Å². The Hall–Kier alpha value is -8.92. The lowest BCUT2D eigenvalue weighted by Gasteiger charge is -2.23. The third kappa shape index (κ3) is 7.77. The summed E-state index contributed by atoms with van der Waals surface area (Å²) in [7, 11) is 0. The second kappa shape index (κ2) is 17.4. The van der Waals surface area contributed by atoms with E-state index in [0.29, 0.717) is 22.5 Å². The molecule has 10 aromatic carbocycles. The minimum Gasteiger partial charge on any atom is -0.319 e. The lowest BCUT2D eigenvalue weighted by molar-refractivity contribution is -0.137. The molecule has 0 atom stereocenters. The first-order chi connectivity index (χ1) is 35.3. The standard InChI is InChI=1S/C67H48F3N3/c1-40-12-7-17-45(32-40)49-22-26-53-54-27-23-50(46-18-8-13-41(2)33-46)37-61(54)72(60(53)36-49)59-31-30-57(64-44(5)16-11-21-58(64)67(68,69)70)66(65(59)71-6)73-62-38-51(47-19-9-14-42(3)34-47)24-28-55(62)56-29-25-52(39-63(56)73)48-20-10-15-43(4)35-48/h7-39H,1-5H3. The molecular weight excluding hydrogens is 904 g/mol. The smallest absolute Gasteiger partial charge is 0.319 e. The number of fused-ring (bicyclic) bond motifs is 6. The largest absolute Gasteiger partial charge is 0.417 e. The van der Waals surface area contributed by atoms with Crippen LogP contribution in [0.4, 0.5) is 18.9 Å². The number of nitrogens with zero attached hydrogens (tertiary/aromatic N) is 3. The molecule has 6 heteroatoms. The van der Waals surface area contributed by atoms with Gasteiger partial charge in [-0.05, 0) is 132 Å². The van der Waals surface area contributed by atoms with Crippen LogP contribution < -0.4 is 0 Å². The molecule has 0 spiro atoms. The Balaban J connectivity index is 1.26. The molecule has 2 heterocycles. The zero-order valence-electron chi connectivity index (χ0n) is 41.0. The van der Waals surface area contributed by atoms with Gasteiger partial charge in [0, 0.05) is 21.5 Å². The van der Waals surface area contributed by atoms with E-state index in [1.807, 2.05) is 24.3 Å². The highest BCUT2D eigenvalue weighted by atomic mass is 19.4. The van der Waals surface area contributed by atoms with Crippen molar-refractivity contribution in [2.45, 2.75) is 40.8 Å². The second-order valence-corrected chi connectivity index (χ2v) is 19.5. The van der Waals surface area contributed by atoms with E-state index in [1.54, 1.807) is 13.0 Å². The molecule has 73 heavy (non-hydrogen) atoms. The van der Waals surface area contributed by atoms with Crippen molar-refractivity contribution in [2.24, 2.45) is 0 Å². The van der Waals surface area contributed by atoms with Crippen LogP contribution >= 0.6 is 0 Å². The van der Waals surface area contributed by atoms with Crippen molar-refractivity contribution in [3.63, 3.8) is 0 Å². The molecule has 0 saturated heterocycles. The SMILES string of the molecule is [C-]#[N+]c1c(-n2c3cc(-c4cccc(C)c4)ccc3c3ccc(-c4cccc(C)c4)cc32)ccc(-c2c(C)cccc2C(F)(F)F)c1-n1c2cc(-c3cccc(C)c3)ccc2c2ccc(-c3cccc(C)c3)cc21. The molecule has 0 radical (unpaired) electrons. The van der Waals surface area contributed by atoms with Crippen molar-refractivity contribution in [3.8, 4) is 67.0 Å². The molecule has 0 saturated carbocycles. The van der Waals surface area contributed by atoms with E-state index in [4.69, 9.17) is 0 Å². The van der Waals surface area contributed by atoms with Crippen molar-refractivity contribution < 1.29 is 13.2 Å². The Bertz CT molecular complexity index is 4070. The maximum Gasteiger partial charge on any atom is 0.417 e. The van der Waals surface area contributed by atoms with Crippen molar-refractivity contribution in [1.82, 2.24) is 9.13 Å². The number of halogens is 3. The van der Waals surface area contributed by atoms with Crippen LogP contribution in [0.2, 0.25) is 0 Å². The van der Waals surface area contributed by atoms with Crippen molar-refractivity contribution in [2.75, 3.05) is 0 Å². The van der Waals surface area contributed by atoms with Gasteiger partial charge in [0.15, 0.2) is 0 Å². The van der Waals surface area contributed by atoms with E-state index in [0.717, 1.165) is 116 Å².